The molecule has 5 aromatic rings. The number of piperazine rings is 1. The highest BCUT2D eigenvalue weighted by Gasteiger charge is 2.30. The molecule has 1 aliphatic carbocycles. The molecule has 17 heteroatoms. The summed E-state index contributed by atoms with van der Waals surface area (Å²) in [5.41, 5.74) is 6.75. The molecule has 2 aromatic heterocycles. The topological polar surface area (TPSA) is 175 Å². The molecule has 324 valence electrons. The summed E-state index contributed by atoms with van der Waals surface area (Å²) in [6.07, 6.45) is 7.36. The molecule has 0 saturated carbocycles. The van der Waals surface area contributed by atoms with E-state index in [4.69, 9.17) is 26.1 Å². The molecule has 0 spiro atoms. The van der Waals surface area contributed by atoms with E-state index < -0.39 is 31.4 Å². The fourth-order valence-electron chi connectivity index (χ4n) is 8.98. The summed E-state index contributed by atoms with van der Waals surface area (Å²) < 4.78 is 41.5. The van der Waals surface area contributed by atoms with Crippen LogP contribution in [-0.2, 0) is 14.8 Å². The molecule has 0 radical (unpaired) electrons. The molecule has 3 N–H and O–H groups in total. The first-order chi connectivity index (χ1) is 30.1. The molecule has 3 aliphatic heterocycles. The number of pyridine rings is 1. The molecule has 3 aromatic carbocycles. The van der Waals surface area contributed by atoms with Crippen molar-refractivity contribution in [3.63, 3.8) is 0 Å². The largest absolute Gasteiger partial charge is 0.476 e. The summed E-state index contributed by atoms with van der Waals surface area (Å²) in [6, 6.07) is 21.1. The zero-order chi connectivity index (χ0) is 42.8. The van der Waals surface area contributed by atoms with Gasteiger partial charge in [-0.3, -0.25) is 19.8 Å². The van der Waals surface area contributed by atoms with E-state index in [-0.39, 0.29) is 17.2 Å². The number of nitrogens with one attached hydrogen (secondary N) is 3. The lowest BCUT2D eigenvalue weighted by Gasteiger charge is -2.37. The monoisotopic (exact) mass is 880 g/mol. The lowest BCUT2D eigenvalue weighted by Crippen LogP contribution is -2.47. The minimum atomic E-state index is -4.56. The highest BCUT2D eigenvalue weighted by atomic mass is 35.5. The third-order valence-electron chi connectivity index (χ3n) is 12.4. The van der Waals surface area contributed by atoms with Crippen LogP contribution in [0.2, 0.25) is 5.02 Å². The molecule has 15 nitrogen and oxygen atoms in total. The van der Waals surface area contributed by atoms with Gasteiger partial charge < -0.3 is 29.6 Å². The Morgan fingerprint density at radius 3 is 2.52 bits per heavy atom. The maximum absolute atomic E-state index is 14.3. The Labute approximate surface area is 365 Å². The van der Waals surface area contributed by atoms with Crippen molar-refractivity contribution in [2.75, 3.05) is 80.8 Å². The predicted octanol–water partition coefficient (Wildman–Crippen LogP) is 7.76. The average molecular weight is 881 g/mol. The molecule has 62 heavy (non-hydrogen) atoms. The lowest BCUT2D eigenvalue weighted by molar-refractivity contribution is -0.384. The SMILES string of the molecule is O=C(NS(=O)(=O)c1ccc(NCC2CCOCC2)c([N+](=O)[O-])c1)c1ccc(N2CCN(CC3=C(c4ccc(Cl)cc4)CCC3)CC2)cc1N1CCCOc2nc3[nH]ccc3cc21. The van der Waals surface area contributed by atoms with Crippen molar-refractivity contribution in [1.29, 1.82) is 0 Å². The fraction of sp³-hybridized carbons (Fsp3) is 0.378. The van der Waals surface area contributed by atoms with E-state index in [0.717, 1.165) is 87.0 Å². The maximum Gasteiger partial charge on any atom is 0.293 e. The number of hydrogen-bond donors (Lipinski definition) is 3. The number of fused-ring (bicyclic) bond motifs is 2. The summed E-state index contributed by atoms with van der Waals surface area (Å²) in [7, 11) is -4.56. The molecule has 9 rings (SSSR count). The van der Waals surface area contributed by atoms with E-state index in [1.807, 2.05) is 41.3 Å². The number of amides is 1. The van der Waals surface area contributed by atoms with Crippen LogP contribution in [0.4, 0.5) is 28.4 Å². The minimum Gasteiger partial charge on any atom is -0.476 e. The molecular formula is C45H49ClN8O7S. The number of nitro groups is 1. The average Bonchev–Trinajstić information content (AvgIpc) is 3.90. The first-order valence-electron chi connectivity index (χ1n) is 21.2. The number of carbonyl (C=O) groups excluding carboxylic acids is 1. The summed E-state index contributed by atoms with van der Waals surface area (Å²) in [6.45, 7) is 6.73. The standard InChI is InChI=1S/C45H49ClN8O7S/c46-34-7-5-31(6-8-34)37-4-1-3-33(37)29-51-18-20-52(21-19-51)35-9-11-38(40(26-35)53-17-2-22-61-45-42(53)25-32-13-16-47-43(32)49-45)44(55)50-62(58,59)36-10-12-39(41(27-36)54(56)57)48-28-30-14-23-60-24-15-30/h5-13,16,25-27,30,48H,1-4,14-15,17-24,28-29H2,(H,47,49)(H,50,55). The number of benzene rings is 3. The van der Waals surface area contributed by atoms with Gasteiger partial charge in [0.2, 0.25) is 5.88 Å². The van der Waals surface area contributed by atoms with Gasteiger partial charge in [-0.1, -0.05) is 29.3 Å². The van der Waals surface area contributed by atoms with Crippen molar-refractivity contribution in [3.8, 4) is 5.88 Å². The Balaban J connectivity index is 0.984. The number of aromatic amines is 1. The normalized spacial score (nSPS) is 17.8. The van der Waals surface area contributed by atoms with Crippen LogP contribution < -0.4 is 24.6 Å². The van der Waals surface area contributed by atoms with Crippen LogP contribution in [0.25, 0.3) is 16.6 Å². The molecule has 0 atom stereocenters. The number of ether oxygens (including phenoxy) is 2. The summed E-state index contributed by atoms with van der Waals surface area (Å²) in [4.78, 5) is 40.1. The molecule has 1 amide bonds. The number of anilines is 4. The minimum absolute atomic E-state index is 0.116. The third-order valence-corrected chi connectivity index (χ3v) is 13.9. The second-order valence-electron chi connectivity index (χ2n) is 16.3. The second-order valence-corrected chi connectivity index (χ2v) is 18.4. The number of nitrogens with zero attached hydrogens (tertiary/aromatic N) is 5. The van der Waals surface area contributed by atoms with Gasteiger partial charge in [0.25, 0.3) is 21.6 Å². The Morgan fingerprint density at radius 1 is 0.919 bits per heavy atom. The van der Waals surface area contributed by atoms with E-state index in [0.29, 0.717) is 62.2 Å². The van der Waals surface area contributed by atoms with Gasteiger partial charge in [0.05, 0.1) is 27.7 Å². The van der Waals surface area contributed by atoms with Gasteiger partial charge in [0, 0.05) is 87.4 Å². The molecule has 2 fully saturated rings. The quantitative estimate of drug-likeness (QED) is 0.0822. The predicted molar refractivity (Wildman–Crippen MR) is 240 cm³/mol. The van der Waals surface area contributed by atoms with Crippen LogP contribution >= 0.6 is 11.6 Å². The van der Waals surface area contributed by atoms with E-state index in [9.17, 15) is 23.3 Å². The molecular weight excluding hydrogens is 832 g/mol. The number of sulfonamides is 1. The number of nitro benzene ring substituents is 1. The molecule has 5 heterocycles. The molecule has 2 saturated heterocycles. The number of rotatable bonds is 12. The number of halogens is 1. The van der Waals surface area contributed by atoms with E-state index in [1.54, 1.807) is 12.3 Å². The number of hydrogen-bond acceptors (Lipinski definition) is 12. The molecule has 4 aliphatic rings. The number of carbonyl (C=O) groups is 1. The number of H-pyrrole nitrogens is 1. The van der Waals surface area contributed by atoms with Crippen LogP contribution in [0.3, 0.4) is 0 Å². The Bertz CT molecular complexity index is 2620. The highest BCUT2D eigenvalue weighted by Crippen LogP contribution is 2.41. The van der Waals surface area contributed by atoms with Gasteiger partial charge in [0.15, 0.2) is 0 Å². The molecule has 0 unspecified atom stereocenters. The third kappa shape index (κ3) is 8.96. The summed E-state index contributed by atoms with van der Waals surface area (Å²) >= 11 is 6.18. The van der Waals surface area contributed by atoms with Crippen molar-refractivity contribution in [2.45, 2.75) is 43.4 Å². The van der Waals surface area contributed by atoms with Crippen LogP contribution in [0.1, 0.15) is 54.4 Å². The van der Waals surface area contributed by atoms with Crippen LogP contribution in [0.5, 0.6) is 5.88 Å². The van der Waals surface area contributed by atoms with Gasteiger partial charge >= 0.3 is 0 Å². The molecule has 0 bridgehead atoms. The lowest BCUT2D eigenvalue weighted by atomic mass is 10.0. The van der Waals surface area contributed by atoms with Crippen LogP contribution in [0, 0.1) is 16.0 Å². The highest BCUT2D eigenvalue weighted by molar-refractivity contribution is 7.90. The fourth-order valence-corrected chi connectivity index (χ4v) is 10.1. The van der Waals surface area contributed by atoms with Crippen LogP contribution in [0.15, 0.2) is 89.5 Å². The Morgan fingerprint density at radius 2 is 1.73 bits per heavy atom. The first-order valence-corrected chi connectivity index (χ1v) is 23.1. The van der Waals surface area contributed by atoms with Crippen molar-refractivity contribution in [3.05, 3.63) is 111 Å². The van der Waals surface area contributed by atoms with Crippen molar-refractivity contribution >= 4 is 72.6 Å². The smallest absolute Gasteiger partial charge is 0.293 e. The summed E-state index contributed by atoms with van der Waals surface area (Å²) in [5.74, 6) is -0.199. The Hall–Kier alpha value is -5.68. The Kier molecular flexibility index (Phi) is 12.1. The van der Waals surface area contributed by atoms with Gasteiger partial charge in [0.1, 0.15) is 17.0 Å². The van der Waals surface area contributed by atoms with Crippen molar-refractivity contribution in [1.82, 2.24) is 19.6 Å². The maximum atomic E-state index is 14.3. The van der Waals surface area contributed by atoms with Crippen LogP contribution in [-0.4, -0.2) is 99.8 Å². The van der Waals surface area contributed by atoms with Gasteiger partial charge in [-0.2, -0.15) is 4.98 Å². The van der Waals surface area contributed by atoms with E-state index in [1.165, 1.54) is 28.8 Å². The van der Waals surface area contributed by atoms with E-state index in [2.05, 4.69) is 37.0 Å². The van der Waals surface area contributed by atoms with E-state index >= 15 is 0 Å². The van der Waals surface area contributed by atoms with Gasteiger partial charge in [-0.25, -0.2) is 13.1 Å². The van der Waals surface area contributed by atoms with Crippen molar-refractivity contribution < 1.29 is 27.6 Å². The number of aromatic nitrogens is 2. The second kappa shape index (κ2) is 18.0. The van der Waals surface area contributed by atoms with Gasteiger partial charge in [-0.05, 0) is 110 Å². The van der Waals surface area contributed by atoms with Gasteiger partial charge in [-0.15, -0.1) is 0 Å². The van der Waals surface area contributed by atoms with Crippen molar-refractivity contribution in [2.24, 2.45) is 5.92 Å². The zero-order valence-electron chi connectivity index (χ0n) is 34.3. The number of allylic oxidation sites excluding steroid dienone is 1. The first kappa shape index (κ1) is 41.7. The zero-order valence-corrected chi connectivity index (χ0v) is 35.8. The summed E-state index contributed by atoms with van der Waals surface area (Å²) in [5, 5.41) is 16.9.